The van der Waals surface area contributed by atoms with E-state index in [4.69, 9.17) is 4.74 Å². The molecular formula is C24H22N6O. The van der Waals surface area contributed by atoms with Gasteiger partial charge in [0.2, 0.25) is 0 Å². The van der Waals surface area contributed by atoms with E-state index in [-0.39, 0.29) is 0 Å². The number of nitrogens with one attached hydrogen (secondary N) is 2. The van der Waals surface area contributed by atoms with Gasteiger partial charge in [0.15, 0.2) is 5.65 Å². The van der Waals surface area contributed by atoms with Gasteiger partial charge in [-0.05, 0) is 54.6 Å². The Balaban J connectivity index is 1.30. The van der Waals surface area contributed by atoms with Crippen LogP contribution in [0.2, 0.25) is 0 Å². The lowest BCUT2D eigenvalue weighted by atomic mass is 10.1. The van der Waals surface area contributed by atoms with Crippen LogP contribution >= 0.6 is 0 Å². The van der Waals surface area contributed by atoms with Crippen LogP contribution in [0.1, 0.15) is 0 Å². The Bertz CT molecular complexity index is 1350. The Morgan fingerprint density at radius 3 is 2.68 bits per heavy atom. The Morgan fingerprint density at radius 2 is 1.81 bits per heavy atom. The molecule has 0 bridgehead atoms. The monoisotopic (exact) mass is 410 g/mol. The van der Waals surface area contributed by atoms with Crippen LogP contribution in [-0.4, -0.2) is 45.9 Å². The zero-order chi connectivity index (χ0) is 20.6. The molecule has 0 spiro atoms. The minimum absolute atomic E-state index is 0.786. The van der Waals surface area contributed by atoms with Crippen molar-refractivity contribution in [1.29, 1.82) is 0 Å². The fourth-order valence-electron chi connectivity index (χ4n) is 4.17. The summed E-state index contributed by atoms with van der Waals surface area (Å²) in [5.41, 5.74) is 7.18. The predicted molar refractivity (Wildman–Crippen MR) is 123 cm³/mol. The summed E-state index contributed by atoms with van der Waals surface area (Å²) in [4.78, 5) is 10.1. The first-order valence-electron chi connectivity index (χ1n) is 10.5. The molecule has 2 N–H and O–H groups in total. The van der Waals surface area contributed by atoms with Gasteiger partial charge in [0.25, 0.3) is 0 Å². The molecule has 7 nitrogen and oxygen atoms in total. The molecule has 154 valence electrons. The third-order valence-corrected chi connectivity index (χ3v) is 5.80. The first kappa shape index (κ1) is 18.0. The van der Waals surface area contributed by atoms with E-state index in [1.165, 1.54) is 11.1 Å². The van der Waals surface area contributed by atoms with Crippen LogP contribution in [0.25, 0.3) is 27.8 Å². The fourth-order valence-corrected chi connectivity index (χ4v) is 4.17. The maximum absolute atomic E-state index is 5.44. The molecule has 0 aliphatic carbocycles. The molecule has 7 heteroatoms. The summed E-state index contributed by atoms with van der Waals surface area (Å²) in [6.45, 7) is 3.44. The maximum atomic E-state index is 5.44. The van der Waals surface area contributed by atoms with E-state index in [2.05, 4.69) is 85.9 Å². The molecule has 5 aromatic rings. The van der Waals surface area contributed by atoms with Gasteiger partial charge in [-0.15, -0.1) is 0 Å². The summed E-state index contributed by atoms with van der Waals surface area (Å²) < 4.78 is 7.33. The number of nitrogens with zero attached hydrogens (tertiary/aromatic N) is 4. The van der Waals surface area contributed by atoms with Gasteiger partial charge >= 0.3 is 0 Å². The number of hydrogen-bond donors (Lipinski definition) is 2. The van der Waals surface area contributed by atoms with Crippen LogP contribution in [0.15, 0.2) is 73.2 Å². The van der Waals surface area contributed by atoms with Gasteiger partial charge in [-0.25, -0.2) is 9.50 Å². The van der Waals surface area contributed by atoms with Crippen LogP contribution in [0.4, 0.5) is 17.1 Å². The third kappa shape index (κ3) is 3.29. The SMILES string of the molecule is c1nc2c(Nc3ccc(N4CCOCC4)cc3)ccc(-c3ccc4[nH]ccc4c3)n2n1. The van der Waals surface area contributed by atoms with Crippen LogP contribution in [0.5, 0.6) is 0 Å². The Labute approximate surface area is 179 Å². The van der Waals surface area contributed by atoms with E-state index in [1.54, 1.807) is 6.33 Å². The second-order valence-electron chi connectivity index (χ2n) is 7.68. The number of benzene rings is 2. The number of pyridine rings is 1. The van der Waals surface area contributed by atoms with Crippen molar-refractivity contribution in [3.8, 4) is 11.3 Å². The lowest BCUT2D eigenvalue weighted by Crippen LogP contribution is -2.36. The molecule has 1 aliphatic heterocycles. The summed E-state index contributed by atoms with van der Waals surface area (Å²) in [6, 6.07) is 21.1. The molecule has 1 saturated heterocycles. The summed E-state index contributed by atoms with van der Waals surface area (Å²) >= 11 is 0. The molecule has 1 aliphatic rings. The average Bonchev–Trinajstić information content (AvgIpc) is 3.50. The molecule has 0 amide bonds. The molecule has 1 fully saturated rings. The quantitative estimate of drug-likeness (QED) is 0.458. The lowest BCUT2D eigenvalue weighted by Gasteiger charge is -2.28. The van der Waals surface area contributed by atoms with Gasteiger partial charge in [0, 0.05) is 47.1 Å². The van der Waals surface area contributed by atoms with Gasteiger partial charge < -0.3 is 19.9 Å². The maximum Gasteiger partial charge on any atom is 0.179 e. The average molecular weight is 410 g/mol. The molecule has 0 atom stereocenters. The van der Waals surface area contributed by atoms with E-state index in [1.807, 2.05) is 10.7 Å². The number of H-pyrrole nitrogens is 1. The number of hydrogen-bond acceptors (Lipinski definition) is 5. The smallest absolute Gasteiger partial charge is 0.179 e. The van der Waals surface area contributed by atoms with E-state index >= 15 is 0 Å². The number of fused-ring (bicyclic) bond motifs is 2. The highest BCUT2D eigenvalue weighted by molar-refractivity contribution is 5.85. The fraction of sp³-hybridized carbons (Fsp3) is 0.167. The summed E-state index contributed by atoms with van der Waals surface area (Å²) in [7, 11) is 0. The molecule has 0 radical (unpaired) electrons. The van der Waals surface area contributed by atoms with Gasteiger partial charge in [0.1, 0.15) is 6.33 Å². The van der Waals surface area contributed by atoms with E-state index in [9.17, 15) is 0 Å². The highest BCUT2D eigenvalue weighted by Crippen LogP contribution is 2.29. The molecule has 6 rings (SSSR count). The third-order valence-electron chi connectivity index (χ3n) is 5.80. The molecule has 2 aromatic carbocycles. The first-order valence-corrected chi connectivity index (χ1v) is 10.5. The summed E-state index contributed by atoms with van der Waals surface area (Å²) in [5, 5.41) is 9.15. The van der Waals surface area contributed by atoms with Crippen molar-refractivity contribution in [3.05, 3.63) is 73.2 Å². The normalized spacial score (nSPS) is 14.4. The van der Waals surface area contributed by atoms with Crippen LogP contribution in [0.3, 0.4) is 0 Å². The first-order chi connectivity index (χ1) is 15.3. The van der Waals surface area contributed by atoms with Crippen molar-refractivity contribution in [2.24, 2.45) is 0 Å². The Hall–Kier alpha value is -3.84. The highest BCUT2D eigenvalue weighted by atomic mass is 16.5. The van der Waals surface area contributed by atoms with E-state index in [0.29, 0.717) is 0 Å². The Kier molecular flexibility index (Phi) is 4.32. The second kappa shape index (κ2) is 7.45. The number of rotatable bonds is 4. The van der Waals surface area contributed by atoms with Crippen molar-refractivity contribution in [2.45, 2.75) is 0 Å². The predicted octanol–water partition coefficient (Wildman–Crippen LogP) is 4.46. The van der Waals surface area contributed by atoms with E-state index in [0.717, 1.165) is 60.1 Å². The summed E-state index contributed by atoms with van der Waals surface area (Å²) in [6.07, 6.45) is 3.55. The number of aromatic nitrogens is 4. The molecular weight excluding hydrogens is 388 g/mol. The van der Waals surface area contributed by atoms with Crippen molar-refractivity contribution in [3.63, 3.8) is 0 Å². The number of anilines is 3. The van der Waals surface area contributed by atoms with Crippen molar-refractivity contribution >= 4 is 33.6 Å². The minimum Gasteiger partial charge on any atom is -0.378 e. The largest absolute Gasteiger partial charge is 0.378 e. The Morgan fingerprint density at radius 1 is 0.935 bits per heavy atom. The molecule has 3 aromatic heterocycles. The number of morpholine rings is 1. The van der Waals surface area contributed by atoms with Crippen LogP contribution in [0, 0.1) is 0 Å². The molecule has 0 saturated carbocycles. The topological polar surface area (TPSA) is 70.5 Å². The molecule has 31 heavy (non-hydrogen) atoms. The lowest BCUT2D eigenvalue weighted by molar-refractivity contribution is 0.122. The summed E-state index contributed by atoms with van der Waals surface area (Å²) in [5.74, 6) is 0. The minimum atomic E-state index is 0.786. The van der Waals surface area contributed by atoms with Crippen molar-refractivity contribution in [1.82, 2.24) is 19.6 Å². The molecule has 0 unspecified atom stereocenters. The standard InChI is InChI=1S/C24H22N6O/c1-6-21-17(9-10-25-21)15-18(1)23-8-7-22(24-26-16-27-30(23)24)28-19-2-4-20(5-3-19)29-11-13-31-14-12-29/h1-10,15-16,25,28H,11-14H2. The van der Waals surface area contributed by atoms with Gasteiger partial charge in [-0.1, -0.05) is 6.07 Å². The van der Waals surface area contributed by atoms with Crippen molar-refractivity contribution in [2.75, 3.05) is 36.5 Å². The number of ether oxygens (including phenoxy) is 1. The van der Waals surface area contributed by atoms with Gasteiger partial charge in [0.05, 0.1) is 24.6 Å². The molecule has 4 heterocycles. The van der Waals surface area contributed by atoms with Crippen LogP contribution < -0.4 is 10.2 Å². The van der Waals surface area contributed by atoms with Crippen LogP contribution in [-0.2, 0) is 4.74 Å². The zero-order valence-electron chi connectivity index (χ0n) is 17.0. The zero-order valence-corrected chi connectivity index (χ0v) is 17.0. The van der Waals surface area contributed by atoms with E-state index < -0.39 is 0 Å². The van der Waals surface area contributed by atoms with Crippen molar-refractivity contribution < 1.29 is 4.74 Å². The highest BCUT2D eigenvalue weighted by Gasteiger charge is 2.13. The second-order valence-corrected chi connectivity index (χ2v) is 7.68. The van der Waals surface area contributed by atoms with Gasteiger partial charge in [-0.3, -0.25) is 0 Å². The van der Waals surface area contributed by atoms with Gasteiger partial charge in [-0.2, -0.15) is 5.10 Å². The number of aromatic amines is 1.